The van der Waals surface area contributed by atoms with Crippen LogP contribution in [0.4, 0.5) is 0 Å². The van der Waals surface area contributed by atoms with Crippen molar-refractivity contribution in [2.45, 2.75) is 19.4 Å². The maximum atomic E-state index is 6.27. The summed E-state index contributed by atoms with van der Waals surface area (Å²) in [7, 11) is 3.83. The predicted octanol–water partition coefficient (Wildman–Crippen LogP) is 4.71. The molecule has 0 N–H and O–H groups in total. The predicted molar refractivity (Wildman–Crippen MR) is 107 cm³/mol. The number of hydrogen-bond acceptors (Lipinski definition) is 2. The molecule has 1 aromatic heterocycles. The highest BCUT2D eigenvalue weighted by atomic mass is 35.5. The Balaban J connectivity index is 1.88. The van der Waals surface area contributed by atoms with Gasteiger partial charge in [0.05, 0.1) is 18.3 Å². The molecule has 1 atom stereocenters. The molecule has 1 aliphatic heterocycles. The first kappa shape index (κ1) is 17.0. The number of fused-ring (bicyclic) bond motifs is 3. The number of aromatic nitrogens is 1. The van der Waals surface area contributed by atoms with Crippen LogP contribution in [0.1, 0.15) is 29.8 Å². The van der Waals surface area contributed by atoms with Crippen molar-refractivity contribution in [2.75, 3.05) is 20.7 Å². The zero-order valence-corrected chi connectivity index (χ0v) is 16.0. The second kappa shape index (κ2) is 6.72. The van der Waals surface area contributed by atoms with Gasteiger partial charge < -0.3 is 4.74 Å². The van der Waals surface area contributed by atoms with E-state index >= 15 is 0 Å². The second-order valence-electron chi connectivity index (χ2n) is 6.73. The quantitative estimate of drug-likeness (QED) is 0.582. The van der Waals surface area contributed by atoms with Gasteiger partial charge in [-0.3, -0.25) is 9.47 Å². The Morgan fingerprint density at radius 1 is 1.15 bits per heavy atom. The van der Waals surface area contributed by atoms with Crippen molar-refractivity contribution in [2.24, 2.45) is 0 Å². The molecule has 0 radical (unpaired) electrons. The van der Waals surface area contributed by atoms with E-state index in [0.717, 1.165) is 34.8 Å². The van der Waals surface area contributed by atoms with Crippen LogP contribution in [0.2, 0.25) is 5.02 Å². The summed E-state index contributed by atoms with van der Waals surface area (Å²) >= 11 is 6.27. The lowest BCUT2D eigenvalue weighted by Gasteiger charge is -2.30. The van der Waals surface area contributed by atoms with Crippen LogP contribution in [-0.4, -0.2) is 30.2 Å². The number of likely N-dealkylation sites (N-methyl/N-ethyl adjacent to an activating group) is 1. The highest BCUT2D eigenvalue weighted by Gasteiger charge is 2.27. The molecule has 2 heterocycles. The third kappa shape index (κ3) is 2.86. The number of benzene rings is 2. The Kier molecular flexibility index (Phi) is 4.40. The molecule has 1 aliphatic rings. The number of methoxy groups -OCH3 is 1. The minimum atomic E-state index is 0.315. The van der Waals surface area contributed by atoms with Crippen molar-refractivity contribution in [3.05, 3.63) is 64.3 Å². The highest BCUT2D eigenvalue weighted by Crippen LogP contribution is 2.36. The van der Waals surface area contributed by atoms with E-state index in [1.165, 1.54) is 16.6 Å². The van der Waals surface area contributed by atoms with Gasteiger partial charge >= 0.3 is 0 Å². The lowest BCUT2D eigenvalue weighted by atomic mass is 9.99. The first-order valence-corrected chi connectivity index (χ1v) is 9.15. The largest absolute Gasteiger partial charge is 0.497 e. The molecule has 3 nitrogen and oxygen atoms in total. The number of rotatable bonds is 1. The molecular formula is C22H21ClN2O. The summed E-state index contributed by atoms with van der Waals surface area (Å²) in [6.07, 6.45) is 1.02. The molecule has 1 unspecified atom stereocenters. The molecule has 26 heavy (non-hydrogen) atoms. The van der Waals surface area contributed by atoms with Crippen molar-refractivity contribution in [3.8, 4) is 17.7 Å². The van der Waals surface area contributed by atoms with Gasteiger partial charge in [0.15, 0.2) is 0 Å². The molecular weight excluding hydrogens is 344 g/mol. The maximum Gasteiger partial charge on any atom is 0.118 e. The van der Waals surface area contributed by atoms with Crippen LogP contribution in [0.15, 0.2) is 42.5 Å². The van der Waals surface area contributed by atoms with E-state index in [9.17, 15) is 0 Å². The van der Waals surface area contributed by atoms with Crippen LogP contribution in [0.25, 0.3) is 10.9 Å². The Morgan fingerprint density at radius 2 is 1.92 bits per heavy atom. The van der Waals surface area contributed by atoms with Crippen LogP contribution < -0.4 is 4.74 Å². The fourth-order valence-electron chi connectivity index (χ4n) is 3.66. The van der Waals surface area contributed by atoms with Gasteiger partial charge in [-0.25, -0.2) is 0 Å². The van der Waals surface area contributed by atoms with Gasteiger partial charge in [0.25, 0.3) is 0 Å². The van der Waals surface area contributed by atoms with Crippen LogP contribution in [0, 0.1) is 12.0 Å². The summed E-state index contributed by atoms with van der Waals surface area (Å²) in [5.41, 5.74) is 4.74. The monoisotopic (exact) mass is 364 g/mol. The molecule has 4 heteroatoms. The number of halogens is 1. The van der Waals surface area contributed by atoms with E-state index in [1.807, 2.05) is 30.3 Å². The molecule has 132 valence electrons. The van der Waals surface area contributed by atoms with Crippen molar-refractivity contribution < 1.29 is 4.74 Å². The van der Waals surface area contributed by atoms with Crippen molar-refractivity contribution in [1.29, 1.82) is 0 Å². The molecule has 3 aromatic rings. The third-order valence-corrected chi connectivity index (χ3v) is 5.48. The Morgan fingerprint density at radius 3 is 2.65 bits per heavy atom. The molecule has 0 amide bonds. The smallest absolute Gasteiger partial charge is 0.118 e. The van der Waals surface area contributed by atoms with Gasteiger partial charge in [-0.05, 0) is 74.3 Å². The molecule has 0 aliphatic carbocycles. The fourth-order valence-corrected chi connectivity index (χ4v) is 3.83. The lowest BCUT2D eigenvalue weighted by molar-refractivity contribution is 0.242. The Labute approximate surface area is 159 Å². The third-order valence-electron chi connectivity index (χ3n) is 5.25. The molecule has 0 bridgehead atoms. The first-order chi connectivity index (χ1) is 12.6. The van der Waals surface area contributed by atoms with Crippen LogP contribution in [-0.2, 0) is 6.42 Å². The maximum absolute atomic E-state index is 6.27. The zero-order valence-electron chi connectivity index (χ0n) is 15.2. The van der Waals surface area contributed by atoms with E-state index in [-0.39, 0.29) is 0 Å². The molecule has 0 saturated heterocycles. The van der Waals surface area contributed by atoms with Crippen LogP contribution >= 0.6 is 11.6 Å². The highest BCUT2D eigenvalue weighted by molar-refractivity contribution is 6.31. The summed E-state index contributed by atoms with van der Waals surface area (Å²) in [5.74, 6) is 4.13. The lowest BCUT2D eigenvalue weighted by Crippen LogP contribution is -2.31. The zero-order chi connectivity index (χ0) is 18.3. The summed E-state index contributed by atoms with van der Waals surface area (Å²) in [5, 5.41) is 1.99. The minimum absolute atomic E-state index is 0.315. The van der Waals surface area contributed by atoms with Gasteiger partial charge in [-0.15, -0.1) is 0 Å². The normalized spacial score (nSPS) is 16.8. The summed E-state index contributed by atoms with van der Waals surface area (Å²) in [6, 6.07) is 17.6. The van der Waals surface area contributed by atoms with E-state index in [1.54, 1.807) is 7.11 Å². The minimum Gasteiger partial charge on any atom is -0.497 e. The number of nitrogens with zero attached hydrogens (tertiary/aromatic N) is 2. The Hall–Kier alpha value is -2.41. The van der Waals surface area contributed by atoms with E-state index in [2.05, 4.69) is 47.5 Å². The standard InChI is InChI=1S/C22H21ClN2O/c1-15-22-19(11-12-24(15)2)20-14-17(23)6-9-21(20)25(22)13-10-16-4-7-18(26-3)8-5-16/h4-9,14-15H,11-12H2,1-3H3. The summed E-state index contributed by atoms with van der Waals surface area (Å²) in [4.78, 5) is 2.37. The molecule has 2 aromatic carbocycles. The van der Waals surface area contributed by atoms with E-state index in [0.29, 0.717) is 6.04 Å². The van der Waals surface area contributed by atoms with Gasteiger partial charge in [-0.2, -0.15) is 0 Å². The molecule has 4 rings (SSSR count). The van der Waals surface area contributed by atoms with Crippen molar-refractivity contribution in [3.63, 3.8) is 0 Å². The fraction of sp³-hybridized carbons (Fsp3) is 0.273. The van der Waals surface area contributed by atoms with Crippen LogP contribution in [0.5, 0.6) is 5.75 Å². The second-order valence-corrected chi connectivity index (χ2v) is 7.17. The molecule has 0 fully saturated rings. The topological polar surface area (TPSA) is 17.4 Å². The van der Waals surface area contributed by atoms with Crippen molar-refractivity contribution >= 4 is 22.5 Å². The van der Waals surface area contributed by atoms with Crippen LogP contribution in [0.3, 0.4) is 0 Å². The SMILES string of the molecule is COc1ccc(C#Cn2c3c(c4cc(Cl)ccc42)CCN(C)C3C)cc1. The van der Waals surface area contributed by atoms with E-state index < -0.39 is 0 Å². The van der Waals surface area contributed by atoms with Gasteiger partial charge in [0, 0.05) is 34.6 Å². The number of ether oxygens (including phenoxy) is 1. The van der Waals surface area contributed by atoms with Gasteiger partial charge in [0.2, 0.25) is 0 Å². The summed E-state index contributed by atoms with van der Waals surface area (Å²) < 4.78 is 7.36. The van der Waals surface area contributed by atoms with Gasteiger partial charge in [0.1, 0.15) is 5.75 Å². The Bertz CT molecular complexity index is 1020. The molecule has 0 spiro atoms. The van der Waals surface area contributed by atoms with Gasteiger partial charge in [-0.1, -0.05) is 11.6 Å². The number of hydrogen-bond donors (Lipinski definition) is 0. The average Bonchev–Trinajstić information content (AvgIpc) is 2.97. The first-order valence-electron chi connectivity index (χ1n) is 8.77. The summed E-state index contributed by atoms with van der Waals surface area (Å²) in [6.45, 7) is 3.29. The molecule has 0 saturated carbocycles. The van der Waals surface area contributed by atoms with E-state index in [4.69, 9.17) is 16.3 Å². The average molecular weight is 365 g/mol. The van der Waals surface area contributed by atoms with Crippen molar-refractivity contribution in [1.82, 2.24) is 9.47 Å².